The Morgan fingerprint density at radius 1 is 1.12 bits per heavy atom. The van der Waals surface area contributed by atoms with Crippen LogP contribution in [0.2, 0.25) is 0 Å². The molecule has 0 aromatic rings. The van der Waals surface area contributed by atoms with Crippen molar-refractivity contribution >= 4 is 11.8 Å². The third-order valence-electron chi connectivity index (χ3n) is 2.09. The van der Waals surface area contributed by atoms with E-state index >= 15 is 0 Å². The molecule has 0 saturated heterocycles. The fraction of sp³-hybridized carbons (Fsp3) is 0.917. The molecule has 17 heavy (non-hydrogen) atoms. The maximum Gasteiger partial charge on any atom is 0.133 e. The van der Waals surface area contributed by atoms with Gasteiger partial charge in [0.15, 0.2) is 0 Å². The van der Waals surface area contributed by atoms with Crippen molar-refractivity contribution < 1.29 is 9.47 Å². The predicted molar refractivity (Wildman–Crippen MR) is 72.1 cm³/mol. The van der Waals surface area contributed by atoms with E-state index in [0.717, 1.165) is 19.6 Å². The zero-order valence-corrected chi connectivity index (χ0v) is 11.9. The minimum Gasteiger partial charge on any atom is -0.379 e. The van der Waals surface area contributed by atoms with Gasteiger partial charge in [-0.15, -0.1) is 0 Å². The maximum absolute atomic E-state index is 8.45. The summed E-state index contributed by atoms with van der Waals surface area (Å²) >= 11 is 1.29. The molecule has 4 nitrogen and oxygen atoms in total. The molecular formula is C12H24N2O2S. The minimum absolute atomic E-state index is 0.344. The van der Waals surface area contributed by atoms with Crippen molar-refractivity contribution in [1.82, 2.24) is 5.32 Å². The fourth-order valence-corrected chi connectivity index (χ4v) is 1.53. The summed E-state index contributed by atoms with van der Waals surface area (Å²) in [6, 6.07) is 0.508. The number of nitrogens with zero attached hydrogens (tertiary/aromatic N) is 1. The molecule has 0 bridgehead atoms. The average Bonchev–Trinajstić information content (AvgIpc) is 2.27. The number of nitrogens with one attached hydrogen (secondary N) is 1. The molecule has 0 fully saturated rings. The van der Waals surface area contributed by atoms with Crippen molar-refractivity contribution in [3.63, 3.8) is 0 Å². The van der Waals surface area contributed by atoms with E-state index in [1.165, 1.54) is 11.8 Å². The lowest BCUT2D eigenvalue weighted by Gasteiger charge is -2.09. The molecule has 1 N–H and O–H groups in total. The van der Waals surface area contributed by atoms with Gasteiger partial charge in [0.2, 0.25) is 0 Å². The molecule has 0 rings (SSSR count). The van der Waals surface area contributed by atoms with Gasteiger partial charge in [-0.05, 0) is 18.2 Å². The zero-order valence-electron chi connectivity index (χ0n) is 11.1. The second-order valence-electron chi connectivity index (χ2n) is 4.14. The first-order chi connectivity index (χ1) is 8.16. The minimum atomic E-state index is 0.344. The highest BCUT2D eigenvalue weighted by atomic mass is 32.2. The fourth-order valence-electron chi connectivity index (χ4n) is 1.14. The maximum atomic E-state index is 8.45. The standard InChI is InChI=1S/C12H24N2O2S/c1-11(2)14-5-7-16-9-8-15-6-4-12(3)17-10-13/h11-12,14H,4-9H2,1-3H3/t12-/m1/s1. The number of hydrogen-bond acceptors (Lipinski definition) is 5. The van der Waals surface area contributed by atoms with Crippen LogP contribution < -0.4 is 5.32 Å². The van der Waals surface area contributed by atoms with Gasteiger partial charge in [0.05, 0.1) is 19.8 Å². The Balaban J connectivity index is 3.06. The number of nitriles is 1. The molecular weight excluding hydrogens is 236 g/mol. The molecule has 0 aliphatic carbocycles. The topological polar surface area (TPSA) is 54.3 Å². The molecule has 0 aliphatic rings. The van der Waals surface area contributed by atoms with Crippen LogP contribution in [0.15, 0.2) is 0 Å². The summed E-state index contributed by atoms with van der Waals surface area (Å²) in [4.78, 5) is 0. The monoisotopic (exact) mass is 260 g/mol. The van der Waals surface area contributed by atoms with Gasteiger partial charge in [-0.3, -0.25) is 0 Å². The van der Waals surface area contributed by atoms with E-state index in [4.69, 9.17) is 14.7 Å². The first-order valence-corrected chi connectivity index (χ1v) is 6.98. The van der Waals surface area contributed by atoms with Gasteiger partial charge in [0, 0.05) is 24.4 Å². The molecule has 100 valence electrons. The van der Waals surface area contributed by atoms with Crippen LogP contribution in [0.4, 0.5) is 0 Å². The van der Waals surface area contributed by atoms with E-state index in [9.17, 15) is 0 Å². The van der Waals surface area contributed by atoms with E-state index in [-0.39, 0.29) is 0 Å². The largest absolute Gasteiger partial charge is 0.379 e. The van der Waals surface area contributed by atoms with Gasteiger partial charge in [-0.2, -0.15) is 5.26 Å². The second-order valence-corrected chi connectivity index (χ2v) is 5.37. The number of ether oxygens (including phenoxy) is 2. The van der Waals surface area contributed by atoms with Gasteiger partial charge >= 0.3 is 0 Å². The second kappa shape index (κ2) is 12.2. The lowest BCUT2D eigenvalue weighted by Crippen LogP contribution is -2.27. The van der Waals surface area contributed by atoms with Crippen LogP contribution in [0, 0.1) is 10.7 Å². The van der Waals surface area contributed by atoms with Crippen LogP contribution >= 0.6 is 11.8 Å². The number of rotatable bonds is 11. The molecule has 0 aromatic carbocycles. The molecule has 0 aromatic heterocycles. The Hall–Kier alpha value is -0.280. The van der Waals surface area contributed by atoms with E-state index in [2.05, 4.69) is 24.6 Å². The molecule has 0 aliphatic heterocycles. The molecule has 0 heterocycles. The van der Waals surface area contributed by atoms with Crippen molar-refractivity contribution in [2.75, 3.05) is 33.0 Å². The summed E-state index contributed by atoms with van der Waals surface area (Å²) in [5, 5.41) is 14.1. The highest BCUT2D eigenvalue weighted by Crippen LogP contribution is 2.11. The Morgan fingerprint density at radius 2 is 1.76 bits per heavy atom. The lowest BCUT2D eigenvalue weighted by atomic mass is 10.3. The molecule has 0 amide bonds. The quantitative estimate of drug-likeness (QED) is 0.455. The predicted octanol–water partition coefficient (Wildman–Crippen LogP) is 2.01. The number of thioether (sulfide) groups is 1. The summed E-state index contributed by atoms with van der Waals surface area (Å²) in [6.45, 7) is 9.84. The first kappa shape index (κ1) is 16.7. The van der Waals surface area contributed by atoms with Crippen LogP contribution in [0.3, 0.4) is 0 Å². The highest BCUT2D eigenvalue weighted by Gasteiger charge is 2.01. The van der Waals surface area contributed by atoms with Gasteiger partial charge in [-0.1, -0.05) is 20.8 Å². The summed E-state index contributed by atoms with van der Waals surface area (Å²) < 4.78 is 10.8. The normalized spacial score (nSPS) is 12.6. The first-order valence-electron chi connectivity index (χ1n) is 6.10. The molecule has 0 radical (unpaired) electrons. The number of thiocyanates is 1. The van der Waals surface area contributed by atoms with Crippen LogP contribution in [0.25, 0.3) is 0 Å². The Bertz CT molecular complexity index is 207. The van der Waals surface area contributed by atoms with Crippen molar-refractivity contribution in [3.8, 4) is 5.40 Å². The molecule has 0 unspecified atom stereocenters. The van der Waals surface area contributed by atoms with E-state index in [1.54, 1.807) is 0 Å². The zero-order chi connectivity index (χ0) is 12.9. The van der Waals surface area contributed by atoms with Gasteiger partial charge in [0.1, 0.15) is 5.40 Å². The van der Waals surface area contributed by atoms with Crippen LogP contribution in [0.1, 0.15) is 27.2 Å². The molecule has 0 spiro atoms. The van der Waals surface area contributed by atoms with Crippen LogP contribution in [-0.4, -0.2) is 44.3 Å². The van der Waals surface area contributed by atoms with Crippen molar-refractivity contribution in [2.24, 2.45) is 0 Å². The third kappa shape index (κ3) is 13.7. The van der Waals surface area contributed by atoms with Crippen molar-refractivity contribution in [3.05, 3.63) is 0 Å². The van der Waals surface area contributed by atoms with Crippen LogP contribution in [0.5, 0.6) is 0 Å². The third-order valence-corrected chi connectivity index (χ3v) is 2.84. The lowest BCUT2D eigenvalue weighted by molar-refractivity contribution is 0.0477. The summed E-state index contributed by atoms with van der Waals surface area (Å²) in [6.07, 6.45) is 0.910. The highest BCUT2D eigenvalue weighted by molar-refractivity contribution is 8.04. The Kier molecular flexibility index (Phi) is 12.0. The Morgan fingerprint density at radius 3 is 2.35 bits per heavy atom. The van der Waals surface area contributed by atoms with Crippen LogP contribution in [-0.2, 0) is 9.47 Å². The van der Waals surface area contributed by atoms with E-state index in [0.29, 0.717) is 31.1 Å². The summed E-state index contributed by atoms with van der Waals surface area (Å²) in [5.41, 5.74) is 0. The Labute approximate surface area is 109 Å². The van der Waals surface area contributed by atoms with Gasteiger partial charge in [0.25, 0.3) is 0 Å². The summed E-state index contributed by atoms with van der Waals surface area (Å²) in [5.74, 6) is 0. The van der Waals surface area contributed by atoms with Gasteiger partial charge in [-0.25, -0.2) is 0 Å². The molecule has 1 atom stereocenters. The smallest absolute Gasteiger partial charge is 0.133 e. The van der Waals surface area contributed by atoms with E-state index < -0.39 is 0 Å². The average molecular weight is 260 g/mol. The molecule has 0 saturated carbocycles. The van der Waals surface area contributed by atoms with Crippen molar-refractivity contribution in [1.29, 1.82) is 5.26 Å². The summed E-state index contributed by atoms with van der Waals surface area (Å²) in [7, 11) is 0. The van der Waals surface area contributed by atoms with E-state index in [1.807, 2.05) is 6.92 Å². The number of hydrogen-bond donors (Lipinski definition) is 1. The molecule has 5 heteroatoms. The SMILES string of the molecule is CC(C)NCCOCCOCC[C@@H](C)SC#N. The van der Waals surface area contributed by atoms with Gasteiger partial charge < -0.3 is 14.8 Å². The van der Waals surface area contributed by atoms with Crippen molar-refractivity contribution in [2.45, 2.75) is 38.5 Å².